The van der Waals surface area contributed by atoms with Crippen LogP contribution in [0.2, 0.25) is 0 Å². The molecule has 31 heavy (non-hydrogen) atoms. The number of aromatic nitrogens is 1. The van der Waals surface area contributed by atoms with Crippen molar-refractivity contribution in [2.45, 2.75) is 24.5 Å². The first-order chi connectivity index (χ1) is 15.1. The van der Waals surface area contributed by atoms with E-state index in [0.717, 1.165) is 21.3 Å². The number of aliphatic hydroxyl groups is 2. The van der Waals surface area contributed by atoms with Gasteiger partial charge < -0.3 is 15.5 Å². The molecule has 158 valence electrons. The number of benzene rings is 3. The molecule has 0 saturated heterocycles. The van der Waals surface area contributed by atoms with Crippen LogP contribution in [0.25, 0.3) is 10.2 Å². The van der Waals surface area contributed by atoms with E-state index in [1.54, 1.807) is 0 Å². The number of rotatable bonds is 8. The van der Waals surface area contributed by atoms with E-state index in [9.17, 15) is 15.0 Å². The monoisotopic (exact) mass is 432 g/mol. The molecular formula is C25H24N2O3S. The lowest BCUT2D eigenvalue weighted by molar-refractivity contribution is -0.135. The highest BCUT2D eigenvalue weighted by atomic mass is 32.1. The topological polar surface area (TPSA) is 82.5 Å². The summed E-state index contributed by atoms with van der Waals surface area (Å²) >= 11 is 1.27. The van der Waals surface area contributed by atoms with Gasteiger partial charge in [-0.15, -0.1) is 11.3 Å². The first-order valence-electron chi connectivity index (χ1n) is 10.2. The molecule has 5 nitrogen and oxygen atoms in total. The van der Waals surface area contributed by atoms with Gasteiger partial charge in [-0.2, -0.15) is 0 Å². The van der Waals surface area contributed by atoms with Crippen LogP contribution in [0.4, 0.5) is 0 Å². The van der Waals surface area contributed by atoms with Gasteiger partial charge in [-0.25, -0.2) is 4.98 Å². The SMILES string of the molecule is O=C(NCCC(c1ccccc1)c1ccccc1)C(O)C(O)c1nc2ccccc2s1. The Labute approximate surface area is 185 Å². The van der Waals surface area contributed by atoms with Crippen LogP contribution in [-0.2, 0) is 4.79 Å². The number of aliphatic hydroxyl groups excluding tert-OH is 2. The van der Waals surface area contributed by atoms with Crippen LogP contribution >= 0.6 is 11.3 Å². The first kappa shape index (κ1) is 21.2. The number of para-hydroxylation sites is 1. The lowest BCUT2D eigenvalue weighted by Gasteiger charge is -2.20. The van der Waals surface area contributed by atoms with E-state index in [1.165, 1.54) is 11.3 Å². The fourth-order valence-corrected chi connectivity index (χ4v) is 4.62. The molecule has 2 atom stereocenters. The molecule has 0 radical (unpaired) electrons. The summed E-state index contributed by atoms with van der Waals surface area (Å²) in [7, 11) is 0. The van der Waals surface area contributed by atoms with Crippen molar-refractivity contribution in [1.82, 2.24) is 10.3 Å². The summed E-state index contributed by atoms with van der Waals surface area (Å²) in [6.45, 7) is 0.372. The third kappa shape index (κ3) is 4.99. The van der Waals surface area contributed by atoms with E-state index in [0.29, 0.717) is 18.0 Å². The minimum atomic E-state index is -1.58. The lowest BCUT2D eigenvalue weighted by Crippen LogP contribution is -2.39. The van der Waals surface area contributed by atoms with Gasteiger partial charge in [0.05, 0.1) is 10.2 Å². The van der Waals surface area contributed by atoms with Gasteiger partial charge in [0, 0.05) is 12.5 Å². The number of hydrogen-bond donors (Lipinski definition) is 3. The van der Waals surface area contributed by atoms with Crippen LogP contribution in [0.3, 0.4) is 0 Å². The van der Waals surface area contributed by atoms with Crippen molar-refractivity contribution in [1.29, 1.82) is 0 Å². The van der Waals surface area contributed by atoms with Crippen molar-refractivity contribution in [2.75, 3.05) is 6.54 Å². The van der Waals surface area contributed by atoms with E-state index < -0.39 is 18.1 Å². The van der Waals surface area contributed by atoms with E-state index in [-0.39, 0.29) is 5.92 Å². The highest BCUT2D eigenvalue weighted by Crippen LogP contribution is 2.29. The van der Waals surface area contributed by atoms with Crippen molar-refractivity contribution in [3.8, 4) is 0 Å². The molecule has 3 aromatic carbocycles. The molecule has 0 aliphatic heterocycles. The molecule has 2 unspecified atom stereocenters. The maximum Gasteiger partial charge on any atom is 0.252 e. The summed E-state index contributed by atoms with van der Waals surface area (Å²) < 4.78 is 0.901. The third-order valence-corrected chi connectivity index (χ3v) is 6.37. The van der Waals surface area contributed by atoms with Gasteiger partial charge in [0.2, 0.25) is 0 Å². The van der Waals surface area contributed by atoms with Gasteiger partial charge in [0.25, 0.3) is 5.91 Å². The summed E-state index contributed by atoms with van der Waals surface area (Å²) in [6.07, 6.45) is -2.27. The Bertz CT molecular complexity index is 1060. The lowest BCUT2D eigenvalue weighted by atomic mass is 9.88. The number of fused-ring (bicyclic) bond motifs is 1. The number of nitrogens with one attached hydrogen (secondary N) is 1. The van der Waals surface area contributed by atoms with E-state index in [2.05, 4.69) is 34.6 Å². The molecule has 4 rings (SSSR count). The summed E-state index contributed by atoms with van der Waals surface area (Å²) in [5.41, 5.74) is 3.07. The second-order valence-electron chi connectivity index (χ2n) is 7.36. The molecule has 0 fully saturated rings. The first-order valence-corrected chi connectivity index (χ1v) is 11.0. The largest absolute Gasteiger partial charge is 0.383 e. The molecule has 0 aliphatic rings. The predicted molar refractivity (Wildman–Crippen MR) is 123 cm³/mol. The van der Waals surface area contributed by atoms with Crippen molar-refractivity contribution >= 4 is 27.5 Å². The van der Waals surface area contributed by atoms with Gasteiger partial charge in [-0.1, -0.05) is 72.8 Å². The molecule has 1 heterocycles. The fraction of sp³-hybridized carbons (Fsp3) is 0.200. The molecular weight excluding hydrogens is 408 g/mol. The van der Waals surface area contributed by atoms with Gasteiger partial charge in [0.1, 0.15) is 11.1 Å². The van der Waals surface area contributed by atoms with Crippen LogP contribution in [-0.4, -0.2) is 33.8 Å². The number of thiazole rings is 1. The number of nitrogens with zero attached hydrogens (tertiary/aromatic N) is 1. The average molecular weight is 433 g/mol. The zero-order valence-corrected chi connectivity index (χ0v) is 17.7. The maximum absolute atomic E-state index is 12.5. The van der Waals surface area contributed by atoms with E-state index in [4.69, 9.17) is 0 Å². The predicted octanol–water partition coefficient (Wildman–Crippen LogP) is 4.03. The standard InChI is InChI=1S/C25H24N2O3S/c28-22(23(29)25-27-20-13-7-8-14-21(20)31-25)24(30)26-16-15-19(17-9-3-1-4-10-17)18-11-5-2-6-12-18/h1-14,19,22-23,28-29H,15-16H2,(H,26,30). The van der Waals surface area contributed by atoms with Crippen molar-refractivity contribution in [3.05, 3.63) is 101 Å². The summed E-state index contributed by atoms with van der Waals surface area (Å²) in [5.74, 6) is -0.486. The molecule has 3 N–H and O–H groups in total. The summed E-state index contributed by atoms with van der Waals surface area (Å²) in [6, 6.07) is 27.7. The van der Waals surface area contributed by atoms with Crippen LogP contribution in [0.15, 0.2) is 84.9 Å². The molecule has 0 bridgehead atoms. The molecule has 0 spiro atoms. The molecule has 6 heteroatoms. The minimum Gasteiger partial charge on any atom is -0.383 e. The normalized spacial score (nSPS) is 13.3. The van der Waals surface area contributed by atoms with Crippen molar-refractivity contribution in [2.24, 2.45) is 0 Å². The Balaban J connectivity index is 1.39. The number of carbonyl (C=O) groups excluding carboxylic acids is 1. The zero-order valence-electron chi connectivity index (χ0n) is 16.9. The van der Waals surface area contributed by atoms with Crippen molar-refractivity contribution < 1.29 is 15.0 Å². The van der Waals surface area contributed by atoms with E-state index in [1.807, 2.05) is 60.7 Å². The highest BCUT2D eigenvalue weighted by molar-refractivity contribution is 7.18. The Morgan fingerprint density at radius 2 is 1.45 bits per heavy atom. The third-order valence-electron chi connectivity index (χ3n) is 5.27. The van der Waals surface area contributed by atoms with Gasteiger partial charge in [0.15, 0.2) is 6.10 Å². The van der Waals surface area contributed by atoms with Gasteiger partial charge in [-0.3, -0.25) is 4.79 Å². The van der Waals surface area contributed by atoms with Crippen LogP contribution in [0, 0.1) is 0 Å². The Morgan fingerprint density at radius 1 is 0.871 bits per heavy atom. The fourth-order valence-electron chi connectivity index (χ4n) is 3.64. The van der Waals surface area contributed by atoms with Crippen LogP contribution < -0.4 is 5.32 Å². The molecule has 4 aromatic rings. The Hall–Kier alpha value is -3.06. The molecule has 1 amide bonds. The highest BCUT2D eigenvalue weighted by Gasteiger charge is 2.28. The van der Waals surface area contributed by atoms with Crippen LogP contribution in [0.1, 0.15) is 34.6 Å². The quantitative estimate of drug-likeness (QED) is 0.393. The Kier molecular flexibility index (Phi) is 6.72. The molecule has 1 aromatic heterocycles. The molecule has 0 aliphatic carbocycles. The molecule has 0 saturated carbocycles. The smallest absolute Gasteiger partial charge is 0.252 e. The minimum absolute atomic E-state index is 0.119. The summed E-state index contributed by atoms with van der Waals surface area (Å²) in [5, 5.41) is 23.9. The van der Waals surface area contributed by atoms with E-state index >= 15 is 0 Å². The van der Waals surface area contributed by atoms with Gasteiger partial charge >= 0.3 is 0 Å². The number of hydrogen-bond acceptors (Lipinski definition) is 5. The van der Waals surface area contributed by atoms with Crippen molar-refractivity contribution in [3.63, 3.8) is 0 Å². The van der Waals surface area contributed by atoms with Crippen LogP contribution in [0.5, 0.6) is 0 Å². The number of carbonyl (C=O) groups is 1. The second kappa shape index (κ2) is 9.83. The zero-order chi connectivity index (χ0) is 21.6. The maximum atomic E-state index is 12.5. The summed E-state index contributed by atoms with van der Waals surface area (Å²) in [4.78, 5) is 16.8. The number of amides is 1. The van der Waals surface area contributed by atoms with Gasteiger partial charge in [-0.05, 0) is 29.7 Å². The average Bonchev–Trinajstić information content (AvgIpc) is 3.26. The second-order valence-corrected chi connectivity index (χ2v) is 8.43. The Morgan fingerprint density at radius 3 is 2.06 bits per heavy atom.